The number of carboxylic acid groups (broad SMARTS) is 1. The van der Waals surface area contributed by atoms with Gasteiger partial charge in [-0.25, -0.2) is 0 Å². The predicted octanol–water partition coefficient (Wildman–Crippen LogP) is 4.25. The Balaban J connectivity index is 1.81. The maximum Gasteiger partial charge on any atom is 0.314 e. The second-order valence-corrected chi connectivity index (χ2v) is 7.63. The molecular weight excluding hydrogens is 296 g/mol. The van der Waals surface area contributed by atoms with Crippen LogP contribution < -0.4 is 4.74 Å². The first-order valence-electron chi connectivity index (χ1n) is 8.29. The molecule has 1 saturated heterocycles. The standard InChI is InChI=1S/C18H24O3S/c19-17(20)18(9-2-1-3-10-18)14-5-4-6-16(13-14)21-15-7-11-22-12-8-15/h4-6,13,15H,1-3,7-12H2,(H,19,20). The molecule has 2 aliphatic rings. The van der Waals surface area contributed by atoms with Crippen molar-refractivity contribution in [2.24, 2.45) is 0 Å². The van der Waals surface area contributed by atoms with Gasteiger partial charge in [0.25, 0.3) is 0 Å². The molecule has 0 radical (unpaired) electrons. The lowest BCUT2D eigenvalue weighted by Gasteiger charge is -2.34. The van der Waals surface area contributed by atoms with E-state index in [0.717, 1.165) is 67.8 Å². The molecule has 22 heavy (non-hydrogen) atoms. The lowest BCUT2D eigenvalue weighted by Crippen LogP contribution is -2.37. The minimum atomic E-state index is -0.708. The normalized spacial score (nSPS) is 22.2. The van der Waals surface area contributed by atoms with Gasteiger partial charge in [0, 0.05) is 0 Å². The third kappa shape index (κ3) is 3.27. The molecule has 1 heterocycles. The maximum atomic E-state index is 11.9. The third-order valence-corrected chi connectivity index (χ3v) is 6.02. The molecule has 4 heteroatoms. The fourth-order valence-corrected chi connectivity index (χ4v) is 4.70. The van der Waals surface area contributed by atoms with Crippen molar-refractivity contribution in [3.05, 3.63) is 29.8 Å². The summed E-state index contributed by atoms with van der Waals surface area (Å²) in [5.74, 6) is 2.46. The number of hydrogen-bond acceptors (Lipinski definition) is 3. The van der Waals surface area contributed by atoms with E-state index in [2.05, 4.69) is 0 Å². The summed E-state index contributed by atoms with van der Waals surface area (Å²) in [6.07, 6.45) is 7.07. The molecule has 120 valence electrons. The summed E-state index contributed by atoms with van der Waals surface area (Å²) < 4.78 is 6.11. The molecule has 0 atom stereocenters. The van der Waals surface area contributed by atoms with Gasteiger partial charge in [0.05, 0.1) is 5.41 Å². The van der Waals surface area contributed by atoms with Gasteiger partial charge in [-0.3, -0.25) is 4.79 Å². The number of rotatable bonds is 4. The van der Waals surface area contributed by atoms with Gasteiger partial charge >= 0.3 is 5.97 Å². The minimum Gasteiger partial charge on any atom is -0.490 e. The Hall–Kier alpha value is -1.16. The van der Waals surface area contributed by atoms with E-state index in [0.29, 0.717) is 0 Å². The second kappa shape index (κ2) is 6.95. The van der Waals surface area contributed by atoms with Crippen molar-refractivity contribution in [3.63, 3.8) is 0 Å². The van der Waals surface area contributed by atoms with Crippen molar-refractivity contribution in [2.75, 3.05) is 11.5 Å². The molecule has 0 spiro atoms. The van der Waals surface area contributed by atoms with Crippen LogP contribution in [-0.4, -0.2) is 28.7 Å². The van der Waals surface area contributed by atoms with Crippen LogP contribution in [0.4, 0.5) is 0 Å². The SMILES string of the molecule is O=C(O)C1(c2cccc(OC3CCSCC3)c2)CCCCC1. The Morgan fingerprint density at radius 3 is 2.59 bits per heavy atom. The highest BCUT2D eigenvalue weighted by Gasteiger charge is 2.41. The lowest BCUT2D eigenvalue weighted by molar-refractivity contribution is -0.145. The van der Waals surface area contributed by atoms with Crippen molar-refractivity contribution in [3.8, 4) is 5.75 Å². The quantitative estimate of drug-likeness (QED) is 0.901. The Morgan fingerprint density at radius 1 is 1.18 bits per heavy atom. The van der Waals surface area contributed by atoms with E-state index in [1.54, 1.807) is 0 Å². The first-order chi connectivity index (χ1) is 10.7. The zero-order valence-electron chi connectivity index (χ0n) is 12.9. The lowest BCUT2D eigenvalue weighted by atomic mass is 9.69. The summed E-state index contributed by atoms with van der Waals surface area (Å²) >= 11 is 1.98. The molecule has 0 amide bonds. The average molecular weight is 320 g/mol. The summed E-state index contributed by atoms with van der Waals surface area (Å²) in [4.78, 5) is 11.9. The Bertz CT molecular complexity index is 517. The summed E-state index contributed by atoms with van der Waals surface area (Å²) in [5.41, 5.74) is 0.211. The number of carbonyl (C=O) groups is 1. The van der Waals surface area contributed by atoms with Gasteiger partial charge in [-0.15, -0.1) is 0 Å². The fourth-order valence-electron chi connectivity index (χ4n) is 3.63. The molecule has 1 saturated carbocycles. The molecule has 0 aromatic heterocycles. The number of benzene rings is 1. The van der Waals surface area contributed by atoms with Crippen molar-refractivity contribution < 1.29 is 14.6 Å². The molecule has 1 aromatic rings. The molecule has 1 aliphatic heterocycles. The summed E-state index contributed by atoms with van der Waals surface area (Å²) in [7, 11) is 0. The first kappa shape index (κ1) is 15.7. The molecule has 0 bridgehead atoms. The van der Waals surface area contributed by atoms with Gasteiger partial charge < -0.3 is 9.84 Å². The molecule has 2 fully saturated rings. The van der Waals surface area contributed by atoms with Crippen LogP contribution in [0, 0.1) is 0 Å². The topological polar surface area (TPSA) is 46.5 Å². The monoisotopic (exact) mass is 320 g/mol. The van der Waals surface area contributed by atoms with Gasteiger partial charge in [0.1, 0.15) is 11.9 Å². The van der Waals surface area contributed by atoms with E-state index < -0.39 is 11.4 Å². The van der Waals surface area contributed by atoms with Crippen LogP contribution in [0.5, 0.6) is 5.75 Å². The Kier molecular flexibility index (Phi) is 4.97. The highest BCUT2D eigenvalue weighted by molar-refractivity contribution is 7.99. The number of aliphatic carboxylic acids is 1. The van der Waals surface area contributed by atoms with E-state index in [9.17, 15) is 9.90 Å². The van der Waals surface area contributed by atoms with Crippen LogP contribution in [0.25, 0.3) is 0 Å². The zero-order chi connectivity index (χ0) is 15.4. The zero-order valence-corrected chi connectivity index (χ0v) is 13.7. The highest BCUT2D eigenvalue weighted by atomic mass is 32.2. The molecular formula is C18H24O3S. The van der Waals surface area contributed by atoms with Crippen molar-refractivity contribution in [1.82, 2.24) is 0 Å². The van der Waals surface area contributed by atoms with Crippen LogP contribution >= 0.6 is 11.8 Å². The third-order valence-electron chi connectivity index (χ3n) is 4.97. The van der Waals surface area contributed by atoms with Crippen LogP contribution in [0.1, 0.15) is 50.5 Å². The van der Waals surface area contributed by atoms with E-state index in [1.165, 1.54) is 0 Å². The molecule has 3 rings (SSSR count). The molecule has 1 aliphatic carbocycles. The predicted molar refractivity (Wildman–Crippen MR) is 89.8 cm³/mol. The molecule has 0 unspecified atom stereocenters. The second-order valence-electron chi connectivity index (χ2n) is 6.41. The van der Waals surface area contributed by atoms with Gasteiger partial charge in [-0.1, -0.05) is 31.4 Å². The van der Waals surface area contributed by atoms with Gasteiger partial charge in [-0.05, 0) is 54.9 Å². The summed E-state index contributed by atoms with van der Waals surface area (Å²) in [6.45, 7) is 0. The van der Waals surface area contributed by atoms with Crippen molar-refractivity contribution >= 4 is 17.7 Å². The van der Waals surface area contributed by atoms with Crippen molar-refractivity contribution in [1.29, 1.82) is 0 Å². The number of thioether (sulfide) groups is 1. The van der Waals surface area contributed by atoms with Crippen molar-refractivity contribution in [2.45, 2.75) is 56.5 Å². The Morgan fingerprint density at radius 2 is 1.91 bits per heavy atom. The number of hydrogen-bond donors (Lipinski definition) is 1. The van der Waals surface area contributed by atoms with Crippen LogP contribution in [0.2, 0.25) is 0 Å². The van der Waals surface area contributed by atoms with E-state index in [-0.39, 0.29) is 6.10 Å². The average Bonchev–Trinajstić information content (AvgIpc) is 2.56. The summed E-state index contributed by atoms with van der Waals surface area (Å²) in [5, 5.41) is 9.81. The number of ether oxygens (including phenoxy) is 1. The van der Waals surface area contributed by atoms with E-state index in [4.69, 9.17) is 4.74 Å². The number of carboxylic acids is 1. The highest BCUT2D eigenvalue weighted by Crippen LogP contribution is 2.41. The largest absolute Gasteiger partial charge is 0.490 e. The van der Waals surface area contributed by atoms with E-state index >= 15 is 0 Å². The minimum absolute atomic E-state index is 0.281. The molecule has 1 N–H and O–H groups in total. The maximum absolute atomic E-state index is 11.9. The van der Waals surface area contributed by atoms with Gasteiger partial charge in [0.15, 0.2) is 0 Å². The van der Waals surface area contributed by atoms with E-state index in [1.807, 2.05) is 36.0 Å². The van der Waals surface area contributed by atoms with Gasteiger partial charge in [0.2, 0.25) is 0 Å². The fraction of sp³-hybridized carbons (Fsp3) is 0.611. The van der Waals surface area contributed by atoms with Gasteiger partial charge in [-0.2, -0.15) is 11.8 Å². The first-order valence-corrected chi connectivity index (χ1v) is 9.44. The van der Waals surface area contributed by atoms with Crippen LogP contribution in [0.3, 0.4) is 0 Å². The summed E-state index contributed by atoms with van der Waals surface area (Å²) in [6, 6.07) is 7.84. The van der Waals surface area contributed by atoms with Crippen LogP contribution in [0.15, 0.2) is 24.3 Å². The smallest absolute Gasteiger partial charge is 0.314 e. The molecule has 3 nitrogen and oxygen atoms in total. The molecule has 1 aromatic carbocycles. The Labute approximate surface area is 136 Å². The van der Waals surface area contributed by atoms with Crippen LogP contribution in [-0.2, 0) is 10.2 Å².